The Kier molecular flexibility index (Phi) is 3.67. The van der Waals surface area contributed by atoms with Crippen molar-refractivity contribution in [2.45, 2.75) is 13.5 Å². The molecule has 1 unspecified atom stereocenters. The van der Waals surface area contributed by atoms with Crippen molar-refractivity contribution in [1.82, 2.24) is 15.5 Å². The highest BCUT2D eigenvalue weighted by Gasteiger charge is 2.16. The number of carbonyl (C=O) groups excluding carboxylic acids is 1. The number of amides is 1. The minimum atomic E-state index is -0.651. The van der Waals surface area contributed by atoms with E-state index in [0.717, 1.165) is 5.56 Å². The average Bonchev–Trinajstić information content (AvgIpc) is 2.76. The van der Waals surface area contributed by atoms with Crippen molar-refractivity contribution in [2.24, 2.45) is 16.8 Å². The summed E-state index contributed by atoms with van der Waals surface area (Å²) in [6.45, 7) is 1.91. The van der Waals surface area contributed by atoms with E-state index in [1.54, 1.807) is 19.3 Å². The predicted octanol–water partition coefficient (Wildman–Crippen LogP) is -0.592. The zero-order chi connectivity index (χ0) is 11.3. The van der Waals surface area contributed by atoms with Crippen LogP contribution in [0.4, 0.5) is 0 Å². The highest BCUT2D eigenvalue weighted by molar-refractivity contribution is 6.01. The summed E-state index contributed by atoms with van der Waals surface area (Å²) in [5.41, 5.74) is 6.14. The van der Waals surface area contributed by atoms with Gasteiger partial charge in [-0.3, -0.25) is 9.89 Å². The van der Waals surface area contributed by atoms with Crippen LogP contribution in [0.5, 0.6) is 0 Å². The number of carbonyl (C=O) groups is 1. The molecular weight excluding hydrogens is 198 g/mol. The summed E-state index contributed by atoms with van der Waals surface area (Å²) >= 11 is 0. The molecule has 0 radical (unpaired) electrons. The number of aromatic nitrogens is 2. The number of amidine groups is 1. The van der Waals surface area contributed by atoms with E-state index in [1.807, 2.05) is 0 Å². The first kappa shape index (κ1) is 11.0. The number of nitrogens with zero attached hydrogens (tertiary/aromatic N) is 2. The number of aromatic amines is 1. The molecule has 0 saturated heterocycles. The Labute approximate surface area is 86.3 Å². The number of oxime groups is 1. The Bertz CT molecular complexity index is 346. The first-order chi connectivity index (χ1) is 7.15. The quantitative estimate of drug-likeness (QED) is 0.230. The number of hydrogen-bond acceptors (Lipinski definition) is 4. The summed E-state index contributed by atoms with van der Waals surface area (Å²) in [6.07, 6.45) is 3.28. The maximum absolute atomic E-state index is 11.4. The zero-order valence-corrected chi connectivity index (χ0v) is 8.27. The minimum absolute atomic E-state index is 0.111. The first-order valence-electron chi connectivity index (χ1n) is 4.38. The van der Waals surface area contributed by atoms with E-state index in [1.165, 1.54) is 0 Å². The highest BCUT2D eigenvalue weighted by atomic mass is 16.4. The SMILES string of the molecule is CC(C(=O)NCc1cn[nH]c1)C(N)=NO. The lowest BCUT2D eigenvalue weighted by Gasteiger charge is -2.09. The monoisotopic (exact) mass is 211 g/mol. The van der Waals surface area contributed by atoms with Gasteiger partial charge in [0.2, 0.25) is 5.91 Å². The average molecular weight is 211 g/mol. The molecule has 0 aromatic carbocycles. The number of nitrogens with two attached hydrogens (primary N) is 1. The molecule has 1 atom stereocenters. The standard InChI is InChI=1S/C8H13N5O2/c1-5(7(9)13-15)8(14)10-2-6-3-11-12-4-6/h3-5,15H,2H2,1H3,(H2,9,13)(H,10,14)(H,11,12). The summed E-state index contributed by atoms with van der Waals surface area (Å²) < 4.78 is 0. The van der Waals surface area contributed by atoms with Crippen LogP contribution in [0, 0.1) is 5.92 Å². The fourth-order valence-corrected chi connectivity index (χ4v) is 0.937. The van der Waals surface area contributed by atoms with E-state index in [-0.39, 0.29) is 11.7 Å². The molecule has 0 bridgehead atoms. The van der Waals surface area contributed by atoms with Crippen molar-refractivity contribution >= 4 is 11.7 Å². The topological polar surface area (TPSA) is 116 Å². The van der Waals surface area contributed by atoms with Gasteiger partial charge >= 0.3 is 0 Å². The number of H-pyrrole nitrogens is 1. The third-order valence-corrected chi connectivity index (χ3v) is 1.97. The Hall–Kier alpha value is -2.05. The van der Waals surface area contributed by atoms with Crippen LogP contribution in [-0.2, 0) is 11.3 Å². The van der Waals surface area contributed by atoms with Crippen LogP contribution in [-0.4, -0.2) is 27.1 Å². The molecule has 0 aliphatic carbocycles. The summed E-state index contributed by atoms with van der Waals surface area (Å²) in [7, 11) is 0. The van der Waals surface area contributed by atoms with Gasteiger partial charge in [0.15, 0.2) is 5.84 Å². The van der Waals surface area contributed by atoms with Crippen LogP contribution in [0.25, 0.3) is 0 Å². The first-order valence-corrected chi connectivity index (χ1v) is 4.38. The van der Waals surface area contributed by atoms with Crippen LogP contribution >= 0.6 is 0 Å². The van der Waals surface area contributed by atoms with Gasteiger partial charge in [-0.2, -0.15) is 5.10 Å². The van der Waals surface area contributed by atoms with Gasteiger partial charge in [0.1, 0.15) is 0 Å². The number of nitrogens with one attached hydrogen (secondary N) is 2. The van der Waals surface area contributed by atoms with Gasteiger partial charge in [-0.15, -0.1) is 0 Å². The molecule has 0 aliphatic heterocycles. The maximum atomic E-state index is 11.4. The summed E-state index contributed by atoms with van der Waals surface area (Å²) in [5, 5.41) is 20.1. The molecule has 1 amide bonds. The summed E-state index contributed by atoms with van der Waals surface area (Å²) in [5.74, 6) is -1.06. The van der Waals surface area contributed by atoms with Crippen molar-refractivity contribution < 1.29 is 10.0 Å². The van der Waals surface area contributed by atoms with E-state index < -0.39 is 5.92 Å². The molecule has 82 valence electrons. The fourth-order valence-electron chi connectivity index (χ4n) is 0.937. The molecule has 0 saturated carbocycles. The Morgan fingerprint density at radius 2 is 2.60 bits per heavy atom. The molecule has 1 rings (SSSR count). The van der Waals surface area contributed by atoms with Gasteiger partial charge < -0.3 is 16.3 Å². The molecule has 15 heavy (non-hydrogen) atoms. The van der Waals surface area contributed by atoms with Crippen LogP contribution in [0.2, 0.25) is 0 Å². The van der Waals surface area contributed by atoms with Crippen LogP contribution in [0.15, 0.2) is 17.5 Å². The van der Waals surface area contributed by atoms with E-state index in [9.17, 15) is 4.79 Å². The van der Waals surface area contributed by atoms with Crippen molar-refractivity contribution in [2.75, 3.05) is 0 Å². The van der Waals surface area contributed by atoms with Crippen LogP contribution in [0.1, 0.15) is 12.5 Å². The second-order valence-electron chi connectivity index (χ2n) is 3.07. The molecule has 1 aromatic rings. The summed E-state index contributed by atoms with van der Waals surface area (Å²) in [6, 6.07) is 0. The highest BCUT2D eigenvalue weighted by Crippen LogP contribution is 1.97. The summed E-state index contributed by atoms with van der Waals surface area (Å²) in [4.78, 5) is 11.4. The van der Waals surface area contributed by atoms with Crippen LogP contribution < -0.4 is 11.1 Å². The number of hydrogen-bond donors (Lipinski definition) is 4. The molecule has 0 spiro atoms. The van der Waals surface area contributed by atoms with E-state index in [0.29, 0.717) is 6.54 Å². The zero-order valence-electron chi connectivity index (χ0n) is 8.27. The van der Waals surface area contributed by atoms with E-state index in [2.05, 4.69) is 20.7 Å². The lowest BCUT2D eigenvalue weighted by atomic mass is 10.1. The third kappa shape index (κ3) is 2.97. The van der Waals surface area contributed by atoms with E-state index >= 15 is 0 Å². The Morgan fingerprint density at radius 3 is 3.13 bits per heavy atom. The largest absolute Gasteiger partial charge is 0.409 e. The molecular formula is C8H13N5O2. The van der Waals surface area contributed by atoms with Gasteiger partial charge in [0, 0.05) is 18.3 Å². The third-order valence-electron chi connectivity index (χ3n) is 1.97. The number of rotatable bonds is 4. The molecule has 0 aliphatic rings. The smallest absolute Gasteiger partial charge is 0.230 e. The molecule has 1 heterocycles. The maximum Gasteiger partial charge on any atom is 0.230 e. The van der Waals surface area contributed by atoms with Gasteiger partial charge in [0.05, 0.1) is 12.1 Å². The van der Waals surface area contributed by atoms with Crippen LogP contribution in [0.3, 0.4) is 0 Å². The Morgan fingerprint density at radius 1 is 1.87 bits per heavy atom. The van der Waals surface area contributed by atoms with Crippen molar-refractivity contribution in [1.29, 1.82) is 0 Å². The van der Waals surface area contributed by atoms with Gasteiger partial charge in [-0.1, -0.05) is 5.16 Å². The molecule has 0 fully saturated rings. The second-order valence-corrected chi connectivity index (χ2v) is 3.07. The minimum Gasteiger partial charge on any atom is -0.409 e. The normalized spacial score (nSPS) is 13.5. The van der Waals surface area contributed by atoms with Crippen molar-refractivity contribution in [3.8, 4) is 0 Å². The van der Waals surface area contributed by atoms with Gasteiger partial charge in [0.25, 0.3) is 0 Å². The lowest BCUT2D eigenvalue weighted by molar-refractivity contribution is -0.122. The molecule has 1 aromatic heterocycles. The predicted molar refractivity (Wildman–Crippen MR) is 53.0 cm³/mol. The Balaban J connectivity index is 2.43. The van der Waals surface area contributed by atoms with Gasteiger partial charge in [-0.05, 0) is 6.92 Å². The molecule has 7 nitrogen and oxygen atoms in total. The molecule has 5 N–H and O–H groups in total. The fraction of sp³-hybridized carbons (Fsp3) is 0.375. The van der Waals surface area contributed by atoms with Crippen molar-refractivity contribution in [3.05, 3.63) is 18.0 Å². The molecule has 7 heteroatoms. The van der Waals surface area contributed by atoms with Gasteiger partial charge in [-0.25, -0.2) is 0 Å². The van der Waals surface area contributed by atoms with E-state index in [4.69, 9.17) is 10.9 Å². The second kappa shape index (κ2) is 4.99. The lowest BCUT2D eigenvalue weighted by Crippen LogP contribution is -2.36. The van der Waals surface area contributed by atoms with Crippen molar-refractivity contribution in [3.63, 3.8) is 0 Å².